The van der Waals surface area contributed by atoms with Gasteiger partial charge in [-0.25, -0.2) is 8.42 Å². The number of pyridine rings is 1. The number of ether oxygens (including phenoxy) is 2. The van der Waals surface area contributed by atoms with Crippen LogP contribution in [0.15, 0.2) is 63.5 Å². The van der Waals surface area contributed by atoms with E-state index in [1.165, 1.54) is 13.1 Å². The fraction of sp³-hybridized carbons (Fsp3) is 0.465. The minimum absolute atomic E-state index is 0.00562. The van der Waals surface area contributed by atoms with Crippen LogP contribution in [0.3, 0.4) is 0 Å². The van der Waals surface area contributed by atoms with Crippen molar-refractivity contribution in [2.75, 3.05) is 46.5 Å². The standard InChI is InChI=1S/C43H58N8O10S/c1-28-22-29(2)41(30(3)23-28)62(58,59)50-35(43(57)60-5)26-49-42(56)34-27-51(36-24-32(11-12-33(36)40(34)55)25-48-37-10-6-15-45-37)19-7-16-46-38(53)13-14-39(54)47-18-9-21-61-20-8-17-44-31(4)52/h6,11-12,15,22-24,27,35,50H,7-10,13-14,16-21,25-26H2,1-5H3,(H,44,52)(H,45,48)(H,46,53)(H,47,54)(H,49,56)/t35-/m0/s1. The van der Waals surface area contributed by atoms with Gasteiger partial charge < -0.3 is 40.6 Å². The van der Waals surface area contributed by atoms with Crippen LogP contribution in [0.25, 0.3) is 10.9 Å². The molecule has 0 radical (unpaired) electrons. The van der Waals surface area contributed by atoms with E-state index in [-0.39, 0.29) is 59.5 Å². The number of carbonyl (C=O) groups is 5. The van der Waals surface area contributed by atoms with Gasteiger partial charge in [0.1, 0.15) is 17.4 Å². The number of fused-ring (bicyclic) bond motifs is 1. The molecule has 0 saturated heterocycles. The smallest absolute Gasteiger partial charge is 0.325 e. The number of aromatic nitrogens is 1. The van der Waals surface area contributed by atoms with Crippen molar-refractivity contribution in [3.8, 4) is 0 Å². The van der Waals surface area contributed by atoms with Crippen LogP contribution in [-0.4, -0.2) is 101 Å². The summed E-state index contributed by atoms with van der Waals surface area (Å²) in [5.41, 5.74) is 2.35. The van der Waals surface area contributed by atoms with Gasteiger partial charge in [0.15, 0.2) is 0 Å². The van der Waals surface area contributed by atoms with Gasteiger partial charge in [-0.05, 0) is 75.1 Å². The highest BCUT2D eigenvalue weighted by Crippen LogP contribution is 2.22. The van der Waals surface area contributed by atoms with Crippen LogP contribution >= 0.6 is 0 Å². The van der Waals surface area contributed by atoms with Crippen LogP contribution in [-0.2, 0) is 51.8 Å². The molecule has 0 spiro atoms. The summed E-state index contributed by atoms with van der Waals surface area (Å²) in [7, 11) is -3.15. The molecule has 1 atom stereocenters. The van der Waals surface area contributed by atoms with Crippen LogP contribution in [0.4, 0.5) is 0 Å². The summed E-state index contributed by atoms with van der Waals surface area (Å²) in [5, 5.41) is 14.1. The number of sulfonamides is 1. The molecule has 4 amide bonds. The van der Waals surface area contributed by atoms with Crippen LogP contribution < -0.4 is 36.7 Å². The molecule has 1 aliphatic heterocycles. The van der Waals surface area contributed by atoms with Crippen molar-refractivity contribution < 1.29 is 41.9 Å². The topological polar surface area (TPSA) is 244 Å². The number of rotatable bonds is 24. The summed E-state index contributed by atoms with van der Waals surface area (Å²) < 4.78 is 41.4. The number of esters is 1. The molecule has 336 valence electrons. The van der Waals surface area contributed by atoms with Crippen molar-refractivity contribution in [2.45, 2.75) is 90.2 Å². The van der Waals surface area contributed by atoms with Crippen LogP contribution in [0.5, 0.6) is 0 Å². The molecule has 2 aromatic carbocycles. The maximum atomic E-state index is 13.8. The monoisotopic (exact) mass is 878 g/mol. The molecule has 1 aliphatic rings. The third-order valence-corrected chi connectivity index (χ3v) is 11.5. The van der Waals surface area contributed by atoms with Crippen molar-refractivity contribution in [3.63, 3.8) is 0 Å². The number of benzene rings is 2. The van der Waals surface area contributed by atoms with Gasteiger partial charge in [0, 0.05) is 83.7 Å². The van der Waals surface area contributed by atoms with Gasteiger partial charge in [0.25, 0.3) is 5.91 Å². The number of hydrogen-bond donors (Lipinski definition) is 6. The van der Waals surface area contributed by atoms with Gasteiger partial charge in [-0.3, -0.25) is 33.8 Å². The molecule has 0 aliphatic carbocycles. The Labute approximate surface area is 361 Å². The first-order chi connectivity index (χ1) is 29.6. The number of methoxy groups -OCH3 is 1. The molecule has 0 fully saturated rings. The number of carbonyl (C=O) groups excluding carboxylic acids is 5. The molecule has 3 aromatic rings. The van der Waals surface area contributed by atoms with Crippen molar-refractivity contribution >= 4 is 56.4 Å². The fourth-order valence-corrected chi connectivity index (χ4v) is 8.47. The van der Waals surface area contributed by atoms with Crippen LogP contribution in [0.1, 0.15) is 78.1 Å². The van der Waals surface area contributed by atoms with Crippen molar-refractivity contribution in [1.82, 2.24) is 35.9 Å². The number of nitrogens with zero attached hydrogens (tertiary/aromatic N) is 2. The van der Waals surface area contributed by atoms with Gasteiger partial charge in [0.2, 0.25) is 33.2 Å². The third kappa shape index (κ3) is 14.9. The molecule has 0 saturated carbocycles. The van der Waals surface area contributed by atoms with Gasteiger partial charge in [-0.1, -0.05) is 29.8 Å². The zero-order chi connectivity index (χ0) is 45.2. The van der Waals surface area contributed by atoms with E-state index in [0.29, 0.717) is 75.2 Å². The highest BCUT2D eigenvalue weighted by atomic mass is 32.2. The normalized spacial score (nSPS) is 13.4. The molecule has 2 heterocycles. The Bertz CT molecular complexity index is 2310. The highest BCUT2D eigenvalue weighted by molar-refractivity contribution is 7.89. The van der Waals surface area contributed by atoms with Gasteiger partial charge in [-0.2, -0.15) is 4.72 Å². The SMILES string of the molecule is COC(=O)[C@H](CNC(=O)c1cn(CCCNC(=O)CCC(=O)NCCCOCCCNC(C)=O)c2cc(CN=C3CC=CN3)ccc2c1=O)NS(=O)(=O)c1c(C)cc(C)cc1C. The molecular weight excluding hydrogens is 821 g/mol. The zero-order valence-corrected chi connectivity index (χ0v) is 36.8. The van der Waals surface area contributed by atoms with Crippen LogP contribution in [0.2, 0.25) is 0 Å². The lowest BCUT2D eigenvalue weighted by molar-refractivity contribution is -0.142. The molecule has 1 aromatic heterocycles. The second-order valence-electron chi connectivity index (χ2n) is 14.9. The lowest BCUT2D eigenvalue weighted by Gasteiger charge is -2.20. The second kappa shape index (κ2) is 23.9. The van der Waals surface area contributed by atoms with Gasteiger partial charge in [-0.15, -0.1) is 0 Å². The lowest BCUT2D eigenvalue weighted by Crippen LogP contribution is -2.49. The molecular formula is C43H58N8O10S. The predicted molar refractivity (Wildman–Crippen MR) is 234 cm³/mol. The molecule has 0 unspecified atom stereocenters. The maximum absolute atomic E-state index is 13.8. The van der Waals surface area contributed by atoms with Gasteiger partial charge >= 0.3 is 5.97 Å². The molecule has 4 rings (SSSR count). The van der Waals surface area contributed by atoms with E-state index in [1.54, 1.807) is 42.7 Å². The first kappa shape index (κ1) is 48.7. The van der Waals surface area contributed by atoms with E-state index in [2.05, 4.69) is 36.3 Å². The van der Waals surface area contributed by atoms with Crippen molar-refractivity contribution in [3.05, 3.63) is 86.8 Å². The van der Waals surface area contributed by atoms with E-state index in [0.717, 1.165) is 24.1 Å². The summed E-state index contributed by atoms with van der Waals surface area (Å²) in [6, 6.07) is 7.09. The molecule has 0 bridgehead atoms. The Hall–Kier alpha value is -5.92. The van der Waals surface area contributed by atoms with E-state index < -0.39 is 39.9 Å². The Balaban J connectivity index is 1.40. The average molecular weight is 879 g/mol. The first-order valence-corrected chi connectivity index (χ1v) is 22.0. The second-order valence-corrected chi connectivity index (χ2v) is 16.6. The van der Waals surface area contributed by atoms with E-state index in [1.807, 2.05) is 25.3 Å². The Morgan fingerprint density at radius 1 is 0.887 bits per heavy atom. The highest BCUT2D eigenvalue weighted by Gasteiger charge is 2.30. The summed E-state index contributed by atoms with van der Waals surface area (Å²) >= 11 is 0. The number of amidine groups is 1. The number of aliphatic imine (C=N–C) groups is 1. The summed E-state index contributed by atoms with van der Waals surface area (Å²) in [5.74, 6) is -1.64. The summed E-state index contributed by atoms with van der Waals surface area (Å²) in [6.45, 7) is 8.81. The maximum Gasteiger partial charge on any atom is 0.325 e. The number of aryl methyl sites for hydroxylation is 4. The lowest BCUT2D eigenvalue weighted by atomic mass is 10.1. The molecule has 62 heavy (non-hydrogen) atoms. The number of amides is 4. The summed E-state index contributed by atoms with van der Waals surface area (Å²) in [6.07, 6.45) is 7.53. The predicted octanol–water partition coefficient (Wildman–Crippen LogP) is 1.92. The van der Waals surface area contributed by atoms with E-state index in [4.69, 9.17) is 9.47 Å². The number of nitrogens with one attached hydrogen (secondary N) is 6. The van der Waals surface area contributed by atoms with E-state index >= 15 is 0 Å². The molecule has 19 heteroatoms. The van der Waals surface area contributed by atoms with Crippen molar-refractivity contribution in [2.24, 2.45) is 4.99 Å². The quantitative estimate of drug-likeness (QED) is 0.0561. The summed E-state index contributed by atoms with van der Waals surface area (Å²) in [4.78, 5) is 80.7. The Morgan fingerprint density at radius 2 is 1.53 bits per heavy atom. The Morgan fingerprint density at radius 3 is 2.15 bits per heavy atom. The zero-order valence-electron chi connectivity index (χ0n) is 36.0. The van der Waals surface area contributed by atoms with E-state index in [9.17, 15) is 37.2 Å². The number of hydrogen-bond acceptors (Lipinski definition) is 11. The Kier molecular flexibility index (Phi) is 18.8. The minimum Gasteiger partial charge on any atom is -0.468 e. The fourth-order valence-electron chi connectivity index (χ4n) is 6.83. The van der Waals surface area contributed by atoms with Gasteiger partial charge in [0.05, 0.1) is 24.1 Å². The van der Waals surface area contributed by atoms with Crippen molar-refractivity contribution in [1.29, 1.82) is 0 Å². The minimum atomic E-state index is -4.25. The average Bonchev–Trinajstić information content (AvgIpc) is 3.75. The van der Waals surface area contributed by atoms with Crippen LogP contribution in [0, 0.1) is 20.8 Å². The first-order valence-electron chi connectivity index (χ1n) is 20.5. The molecule has 18 nitrogen and oxygen atoms in total. The molecule has 6 N–H and O–H groups in total. The third-order valence-electron chi connectivity index (χ3n) is 9.75. The largest absolute Gasteiger partial charge is 0.468 e.